The van der Waals surface area contributed by atoms with Gasteiger partial charge in [-0.25, -0.2) is 4.98 Å². The van der Waals surface area contributed by atoms with Gasteiger partial charge in [-0.1, -0.05) is 18.2 Å². The average molecular weight is 382 g/mol. The topological polar surface area (TPSA) is 94.5 Å². The number of aromatic nitrogens is 2. The van der Waals surface area contributed by atoms with Crippen LogP contribution in [-0.2, 0) is 11.3 Å². The van der Waals surface area contributed by atoms with Crippen molar-refractivity contribution in [3.05, 3.63) is 58.4 Å². The van der Waals surface area contributed by atoms with Gasteiger partial charge in [-0.05, 0) is 43.7 Å². The highest BCUT2D eigenvalue weighted by atomic mass is 16.5. The van der Waals surface area contributed by atoms with E-state index in [1.165, 1.54) is 4.57 Å². The predicted molar refractivity (Wildman–Crippen MR) is 107 cm³/mol. The first-order valence-electron chi connectivity index (χ1n) is 8.85. The summed E-state index contributed by atoms with van der Waals surface area (Å²) in [6, 6.07) is 12.5. The van der Waals surface area contributed by atoms with Gasteiger partial charge in [0.05, 0.1) is 18.0 Å². The summed E-state index contributed by atoms with van der Waals surface area (Å²) in [5, 5.41) is 0.524. The highest BCUT2D eigenvalue weighted by molar-refractivity contribution is 5.80. The Labute approximate surface area is 162 Å². The van der Waals surface area contributed by atoms with Crippen LogP contribution in [0.5, 0.6) is 11.5 Å². The molecular formula is C20H22N4O4. The summed E-state index contributed by atoms with van der Waals surface area (Å²) in [6.45, 7) is 3.95. The molecule has 1 aromatic heterocycles. The number of benzene rings is 2. The van der Waals surface area contributed by atoms with Crippen LogP contribution in [0.25, 0.3) is 10.9 Å². The van der Waals surface area contributed by atoms with Gasteiger partial charge in [-0.3, -0.25) is 25.0 Å². The summed E-state index contributed by atoms with van der Waals surface area (Å²) in [6.07, 6.45) is 0. The highest BCUT2D eigenvalue weighted by Crippen LogP contribution is 2.27. The van der Waals surface area contributed by atoms with Crippen LogP contribution >= 0.6 is 0 Å². The number of anilines is 1. The Bertz CT molecular complexity index is 1060. The standard InChI is InChI=1S/C20H22N4O4/c1-4-24-19(26)14-7-5-6-8-15(14)21-20(24)23-22-18(25)12-28-16-10-9-13(2)11-17(16)27-3/h5-11H,4,12H2,1-3H3,(H,21,23)(H,22,25). The van der Waals surface area contributed by atoms with Gasteiger partial charge in [0.15, 0.2) is 18.1 Å². The van der Waals surface area contributed by atoms with Crippen LogP contribution in [0.3, 0.4) is 0 Å². The lowest BCUT2D eigenvalue weighted by molar-refractivity contribution is -0.122. The van der Waals surface area contributed by atoms with Crippen molar-refractivity contribution < 1.29 is 14.3 Å². The van der Waals surface area contributed by atoms with Crippen molar-refractivity contribution >= 4 is 22.8 Å². The molecule has 0 aliphatic carbocycles. The zero-order chi connectivity index (χ0) is 20.1. The molecule has 0 unspecified atom stereocenters. The first kappa shape index (κ1) is 19.2. The fourth-order valence-corrected chi connectivity index (χ4v) is 2.76. The number of fused-ring (bicyclic) bond motifs is 1. The number of carbonyl (C=O) groups excluding carboxylic acids is 1. The molecule has 0 aliphatic rings. The van der Waals surface area contributed by atoms with Crippen LogP contribution in [0.1, 0.15) is 12.5 Å². The number of nitrogens with zero attached hydrogens (tertiary/aromatic N) is 2. The molecule has 0 saturated carbocycles. The number of carbonyl (C=O) groups is 1. The number of nitrogens with one attached hydrogen (secondary N) is 2. The first-order valence-corrected chi connectivity index (χ1v) is 8.85. The van der Waals surface area contributed by atoms with Gasteiger partial charge < -0.3 is 9.47 Å². The molecule has 3 rings (SSSR count). The molecule has 146 valence electrons. The smallest absolute Gasteiger partial charge is 0.276 e. The minimum absolute atomic E-state index is 0.175. The van der Waals surface area contributed by atoms with Crippen LogP contribution < -0.4 is 25.9 Å². The second-order valence-corrected chi connectivity index (χ2v) is 6.12. The van der Waals surface area contributed by atoms with Gasteiger partial charge >= 0.3 is 0 Å². The molecule has 28 heavy (non-hydrogen) atoms. The van der Waals surface area contributed by atoms with E-state index in [2.05, 4.69) is 15.8 Å². The lowest BCUT2D eigenvalue weighted by Gasteiger charge is -2.15. The van der Waals surface area contributed by atoms with Crippen molar-refractivity contribution in [3.63, 3.8) is 0 Å². The zero-order valence-corrected chi connectivity index (χ0v) is 16.0. The number of aryl methyl sites for hydroxylation is 1. The maximum atomic E-state index is 12.6. The van der Waals surface area contributed by atoms with E-state index in [-0.39, 0.29) is 18.1 Å². The largest absolute Gasteiger partial charge is 0.493 e. The van der Waals surface area contributed by atoms with Crippen molar-refractivity contribution in [2.45, 2.75) is 20.4 Å². The molecule has 3 aromatic rings. The quantitative estimate of drug-likeness (QED) is 0.609. The molecule has 8 heteroatoms. The number of methoxy groups -OCH3 is 1. The van der Waals surface area contributed by atoms with Crippen molar-refractivity contribution in [2.24, 2.45) is 0 Å². The molecule has 8 nitrogen and oxygen atoms in total. The third-order valence-corrected chi connectivity index (χ3v) is 4.17. The molecule has 0 atom stereocenters. The van der Waals surface area contributed by atoms with Gasteiger partial charge in [0.2, 0.25) is 5.95 Å². The number of hydrogen-bond acceptors (Lipinski definition) is 6. The van der Waals surface area contributed by atoms with Crippen LogP contribution in [0, 0.1) is 6.92 Å². The molecule has 0 fully saturated rings. The summed E-state index contributed by atoms with van der Waals surface area (Å²) in [5.41, 5.74) is 6.62. The van der Waals surface area contributed by atoms with Gasteiger partial charge in [0.1, 0.15) is 0 Å². The van der Waals surface area contributed by atoms with Gasteiger partial charge in [0, 0.05) is 6.54 Å². The van der Waals surface area contributed by atoms with Crippen LogP contribution in [0.15, 0.2) is 47.3 Å². The SMILES string of the molecule is CCn1c(NNC(=O)COc2ccc(C)cc2OC)nc2ccccc2c1=O. The first-order chi connectivity index (χ1) is 13.5. The lowest BCUT2D eigenvalue weighted by atomic mass is 10.2. The normalized spacial score (nSPS) is 10.5. The second-order valence-electron chi connectivity index (χ2n) is 6.12. The van der Waals surface area contributed by atoms with E-state index in [0.717, 1.165) is 5.56 Å². The molecule has 0 saturated heterocycles. The number of hydrogen-bond donors (Lipinski definition) is 2. The number of amides is 1. The molecule has 0 aliphatic heterocycles. The van der Waals surface area contributed by atoms with Gasteiger partial charge in [-0.2, -0.15) is 0 Å². The Hall–Kier alpha value is -3.55. The maximum Gasteiger partial charge on any atom is 0.276 e. The highest BCUT2D eigenvalue weighted by Gasteiger charge is 2.11. The average Bonchev–Trinajstić information content (AvgIpc) is 2.71. The monoisotopic (exact) mass is 382 g/mol. The third-order valence-electron chi connectivity index (χ3n) is 4.17. The second kappa shape index (κ2) is 8.43. The molecule has 1 heterocycles. The predicted octanol–water partition coefficient (Wildman–Crippen LogP) is 2.26. The van der Waals surface area contributed by atoms with E-state index < -0.39 is 5.91 Å². The van der Waals surface area contributed by atoms with Crippen molar-refractivity contribution in [1.29, 1.82) is 0 Å². The van der Waals surface area contributed by atoms with E-state index in [1.54, 1.807) is 37.4 Å². The van der Waals surface area contributed by atoms with Crippen LogP contribution in [0.2, 0.25) is 0 Å². The fraction of sp³-hybridized carbons (Fsp3) is 0.250. The van der Waals surface area contributed by atoms with E-state index in [1.807, 2.05) is 26.0 Å². The van der Waals surface area contributed by atoms with E-state index in [9.17, 15) is 9.59 Å². The van der Waals surface area contributed by atoms with Gasteiger partial charge in [-0.15, -0.1) is 0 Å². The minimum atomic E-state index is -0.423. The Morgan fingerprint density at radius 1 is 1.18 bits per heavy atom. The molecular weight excluding hydrogens is 360 g/mol. The Balaban J connectivity index is 1.69. The lowest BCUT2D eigenvalue weighted by Crippen LogP contribution is -2.37. The third kappa shape index (κ3) is 4.06. The molecule has 2 aromatic carbocycles. The fourth-order valence-electron chi connectivity index (χ4n) is 2.76. The molecule has 0 bridgehead atoms. The number of rotatable bonds is 7. The minimum Gasteiger partial charge on any atom is -0.493 e. The Kier molecular flexibility index (Phi) is 5.78. The Morgan fingerprint density at radius 3 is 2.71 bits per heavy atom. The van der Waals surface area contributed by atoms with E-state index >= 15 is 0 Å². The van der Waals surface area contributed by atoms with E-state index in [4.69, 9.17) is 9.47 Å². The van der Waals surface area contributed by atoms with Gasteiger partial charge in [0.25, 0.3) is 11.5 Å². The molecule has 0 radical (unpaired) electrons. The summed E-state index contributed by atoms with van der Waals surface area (Å²) < 4.78 is 12.2. The molecule has 0 spiro atoms. The van der Waals surface area contributed by atoms with Crippen molar-refractivity contribution in [2.75, 3.05) is 19.1 Å². The Morgan fingerprint density at radius 2 is 1.96 bits per heavy atom. The summed E-state index contributed by atoms with van der Waals surface area (Å²) >= 11 is 0. The summed E-state index contributed by atoms with van der Waals surface area (Å²) in [4.78, 5) is 29.1. The van der Waals surface area contributed by atoms with Crippen molar-refractivity contribution in [1.82, 2.24) is 15.0 Å². The maximum absolute atomic E-state index is 12.6. The van der Waals surface area contributed by atoms with Crippen LogP contribution in [-0.4, -0.2) is 29.2 Å². The summed E-state index contributed by atoms with van der Waals surface area (Å²) in [5.74, 6) is 0.856. The summed E-state index contributed by atoms with van der Waals surface area (Å²) in [7, 11) is 1.54. The number of para-hydroxylation sites is 1. The zero-order valence-electron chi connectivity index (χ0n) is 16.0. The molecule has 2 N–H and O–H groups in total. The molecule has 1 amide bonds. The number of ether oxygens (including phenoxy) is 2. The van der Waals surface area contributed by atoms with E-state index in [0.29, 0.717) is 28.9 Å². The van der Waals surface area contributed by atoms with Crippen molar-refractivity contribution in [3.8, 4) is 11.5 Å². The van der Waals surface area contributed by atoms with Crippen LogP contribution in [0.4, 0.5) is 5.95 Å². The number of hydrazine groups is 1.